The van der Waals surface area contributed by atoms with E-state index in [2.05, 4.69) is 5.32 Å². The van der Waals surface area contributed by atoms with E-state index in [1.165, 1.54) is 18.2 Å². The van der Waals surface area contributed by atoms with Crippen molar-refractivity contribution < 1.29 is 9.18 Å². The monoisotopic (exact) mass is 292 g/mol. The van der Waals surface area contributed by atoms with Gasteiger partial charge in [0.1, 0.15) is 5.82 Å². The minimum atomic E-state index is -0.625. The van der Waals surface area contributed by atoms with Crippen molar-refractivity contribution in [1.29, 1.82) is 0 Å². The molecule has 0 spiro atoms. The highest BCUT2D eigenvalue weighted by Gasteiger charge is 2.15. The first-order valence-electron chi connectivity index (χ1n) is 6.03. The molecule has 3 N–H and O–H groups in total. The molecule has 0 aliphatic heterocycles. The zero-order valence-corrected chi connectivity index (χ0v) is 11.9. The summed E-state index contributed by atoms with van der Waals surface area (Å²) in [5, 5.41) is 2.54. The van der Waals surface area contributed by atoms with E-state index in [0.717, 1.165) is 11.1 Å². The number of nitrogen functional groups attached to an aromatic ring is 1. The molecule has 2 rings (SSSR count). The topological polar surface area (TPSA) is 55.1 Å². The second-order valence-corrected chi connectivity index (χ2v) is 4.91. The second kappa shape index (κ2) is 5.51. The summed E-state index contributed by atoms with van der Waals surface area (Å²) >= 11 is 5.80. The number of halogens is 2. The van der Waals surface area contributed by atoms with Gasteiger partial charge in [0.25, 0.3) is 5.91 Å². The Morgan fingerprint density at radius 1 is 1.25 bits per heavy atom. The first-order valence-corrected chi connectivity index (χ1v) is 6.40. The molecule has 3 nitrogen and oxygen atoms in total. The fraction of sp³-hybridized carbons (Fsp3) is 0.133. The van der Waals surface area contributed by atoms with Crippen LogP contribution in [0.4, 0.5) is 15.8 Å². The predicted molar refractivity (Wildman–Crippen MR) is 79.7 cm³/mol. The summed E-state index contributed by atoms with van der Waals surface area (Å²) in [4.78, 5) is 12.2. The van der Waals surface area contributed by atoms with Crippen molar-refractivity contribution in [2.24, 2.45) is 0 Å². The van der Waals surface area contributed by atoms with Crippen LogP contribution in [0.15, 0.2) is 30.3 Å². The van der Waals surface area contributed by atoms with Gasteiger partial charge < -0.3 is 11.1 Å². The predicted octanol–water partition coefficient (Wildman–Crippen LogP) is 3.93. The second-order valence-electron chi connectivity index (χ2n) is 4.53. The molecule has 0 radical (unpaired) electrons. The highest BCUT2D eigenvalue weighted by molar-refractivity contribution is 6.34. The fourth-order valence-corrected chi connectivity index (χ4v) is 2.13. The van der Waals surface area contributed by atoms with E-state index >= 15 is 0 Å². The molecular formula is C15H14ClFN2O. The maximum Gasteiger partial charge on any atom is 0.257 e. The lowest BCUT2D eigenvalue weighted by molar-refractivity contribution is 0.102. The molecule has 0 atom stereocenters. The van der Waals surface area contributed by atoms with Gasteiger partial charge in [0.2, 0.25) is 0 Å². The maximum absolute atomic E-state index is 13.4. The molecule has 0 saturated heterocycles. The Labute approximate surface area is 121 Å². The smallest absolute Gasteiger partial charge is 0.257 e. The average Bonchev–Trinajstić information content (AvgIpc) is 2.42. The summed E-state index contributed by atoms with van der Waals surface area (Å²) in [5.41, 5.74) is 8.75. The Kier molecular flexibility index (Phi) is 3.95. The fourth-order valence-electron chi connectivity index (χ4n) is 1.92. The number of aryl methyl sites for hydroxylation is 1. The molecule has 0 aromatic heterocycles. The van der Waals surface area contributed by atoms with E-state index in [1.807, 2.05) is 19.9 Å². The highest BCUT2D eigenvalue weighted by Crippen LogP contribution is 2.27. The quantitative estimate of drug-likeness (QED) is 0.824. The number of nitrogens with two attached hydrogens (primary N) is 1. The van der Waals surface area contributed by atoms with Gasteiger partial charge in [0.15, 0.2) is 0 Å². The lowest BCUT2D eigenvalue weighted by Gasteiger charge is -2.14. The van der Waals surface area contributed by atoms with Crippen molar-refractivity contribution in [1.82, 2.24) is 0 Å². The van der Waals surface area contributed by atoms with Crippen LogP contribution < -0.4 is 11.1 Å². The van der Waals surface area contributed by atoms with Gasteiger partial charge in [0, 0.05) is 11.4 Å². The van der Waals surface area contributed by atoms with Gasteiger partial charge in [-0.25, -0.2) is 4.39 Å². The number of anilines is 2. The summed E-state index contributed by atoms with van der Waals surface area (Å²) in [7, 11) is 0. The molecule has 20 heavy (non-hydrogen) atoms. The Morgan fingerprint density at radius 3 is 2.65 bits per heavy atom. The summed E-state index contributed by atoms with van der Waals surface area (Å²) in [5.74, 6) is -1.09. The van der Waals surface area contributed by atoms with E-state index in [-0.39, 0.29) is 10.6 Å². The molecule has 2 aromatic carbocycles. The highest BCUT2D eigenvalue weighted by atomic mass is 35.5. The van der Waals surface area contributed by atoms with Gasteiger partial charge in [0.05, 0.1) is 10.6 Å². The molecule has 0 aliphatic rings. The van der Waals surface area contributed by atoms with Crippen LogP contribution in [0.1, 0.15) is 21.5 Å². The number of rotatable bonds is 2. The van der Waals surface area contributed by atoms with Crippen LogP contribution in [0.25, 0.3) is 0 Å². The van der Waals surface area contributed by atoms with Gasteiger partial charge in [-0.1, -0.05) is 23.7 Å². The standard InChI is InChI=1S/C15H14ClFN2O/c1-8-6-7-12(18)9(2)14(8)19-15(20)10-4-3-5-11(17)13(10)16/h3-7H,18H2,1-2H3,(H,19,20). The molecule has 104 valence electrons. The third kappa shape index (κ3) is 2.60. The summed E-state index contributed by atoms with van der Waals surface area (Å²) in [6.45, 7) is 3.67. The van der Waals surface area contributed by atoms with Crippen LogP contribution in [0, 0.1) is 19.7 Å². The van der Waals surface area contributed by atoms with E-state index < -0.39 is 11.7 Å². The van der Waals surface area contributed by atoms with Crippen molar-refractivity contribution in [3.05, 3.63) is 57.9 Å². The van der Waals surface area contributed by atoms with Crippen molar-refractivity contribution >= 4 is 28.9 Å². The number of hydrogen-bond donors (Lipinski definition) is 2. The Morgan fingerprint density at radius 2 is 1.95 bits per heavy atom. The SMILES string of the molecule is Cc1ccc(N)c(C)c1NC(=O)c1cccc(F)c1Cl. The number of carbonyl (C=O) groups is 1. The number of carbonyl (C=O) groups excluding carboxylic acids is 1. The third-order valence-electron chi connectivity index (χ3n) is 3.15. The zero-order valence-electron chi connectivity index (χ0n) is 11.1. The molecular weight excluding hydrogens is 279 g/mol. The third-order valence-corrected chi connectivity index (χ3v) is 3.53. The van der Waals surface area contributed by atoms with Crippen LogP contribution in [0.2, 0.25) is 5.02 Å². The Balaban J connectivity index is 2.38. The molecule has 0 fully saturated rings. The van der Waals surface area contributed by atoms with E-state index in [9.17, 15) is 9.18 Å². The minimum absolute atomic E-state index is 0.0906. The maximum atomic E-state index is 13.4. The van der Waals surface area contributed by atoms with Gasteiger partial charge in [-0.2, -0.15) is 0 Å². The van der Waals surface area contributed by atoms with Crippen LogP contribution in [-0.4, -0.2) is 5.91 Å². The van der Waals surface area contributed by atoms with Gasteiger partial charge in [-0.3, -0.25) is 4.79 Å². The van der Waals surface area contributed by atoms with Crippen LogP contribution in [-0.2, 0) is 0 Å². The average molecular weight is 293 g/mol. The molecule has 0 bridgehead atoms. The number of nitrogens with one attached hydrogen (secondary N) is 1. The van der Waals surface area contributed by atoms with Gasteiger partial charge >= 0.3 is 0 Å². The minimum Gasteiger partial charge on any atom is -0.398 e. The van der Waals surface area contributed by atoms with Gasteiger partial charge in [-0.05, 0) is 43.2 Å². The first-order chi connectivity index (χ1) is 9.41. The first kappa shape index (κ1) is 14.3. The van der Waals surface area contributed by atoms with Crippen molar-refractivity contribution in [3.8, 4) is 0 Å². The van der Waals surface area contributed by atoms with Gasteiger partial charge in [-0.15, -0.1) is 0 Å². The summed E-state index contributed by atoms with van der Waals surface area (Å²) in [6, 6.07) is 7.70. The van der Waals surface area contributed by atoms with E-state index in [1.54, 1.807) is 6.07 Å². The zero-order chi connectivity index (χ0) is 14.9. The van der Waals surface area contributed by atoms with E-state index in [0.29, 0.717) is 11.4 Å². The number of amides is 1. The van der Waals surface area contributed by atoms with E-state index in [4.69, 9.17) is 17.3 Å². The summed E-state index contributed by atoms with van der Waals surface area (Å²) in [6.07, 6.45) is 0. The Bertz CT molecular complexity index is 686. The molecule has 0 heterocycles. The Hall–Kier alpha value is -2.07. The molecule has 0 aliphatic carbocycles. The van der Waals surface area contributed by atoms with Crippen LogP contribution in [0.5, 0.6) is 0 Å². The van der Waals surface area contributed by atoms with Crippen molar-refractivity contribution in [2.45, 2.75) is 13.8 Å². The summed E-state index contributed by atoms with van der Waals surface area (Å²) < 4.78 is 13.4. The number of hydrogen-bond acceptors (Lipinski definition) is 2. The van der Waals surface area contributed by atoms with Crippen LogP contribution >= 0.6 is 11.6 Å². The molecule has 1 amide bonds. The lowest BCUT2D eigenvalue weighted by atomic mass is 10.1. The molecule has 5 heteroatoms. The largest absolute Gasteiger partial charge is 0.398 e. The molecule has 0 unspecified atom stereocenters. The molecule has 0 saturated carbocycles. The lowest BCUT2D eigenvalue weighted by Crippen LogP contribution is -2.15. The van der Waals surface area contributed by atoms with Crippen molar-refractivity contribution in [3.63, 3.8) is 0 Å². The van der Waals surface area contributed by atoms with Crippen LogP contribution in [0.3, 0.4) is 0 Å². The van der Waals surface area contributed by atoms with Crippen molar-refractivity contribution in [2.75, 3.05) is 11.1 Å². The molecule has 2 aromatic rings. The number of benzene rings is 2. The normalized spacial score (nSPS) is 10.4.